The monoisotopic (exact) mass is 459 g/mol. The van der Waals surface area contributed by atoms with Crippen LogP contribution in [0.1, 0.15) is 127 Å². The van der Waals surface area contributed by atoms with Gasteiger partial charge in [-0.2, -0.15) is 0 Å². The zero-order chi connectivity index (χ0) is 24.1. The van der Waals surface area contributed by atoms with E-state index in [2.05, 4.69) is 50.8 Å². The summed E-state index contributed by atoms with van der Waals surface area (Å²) in [5.41, 5.74) is 4.62. The predicted octanol–water partition coefficient (Wildman–Crippen LogP) is 8.07. The third kappa shape index (κ3) is 9.70. The molecule has 3 nitrogen and oxygen atoms in total. The van der Waals surface area contributed by atoms with Crippen LogP contribution in [0.3, 0.4) is 0 Å². The summed E-state index contributed by atoms with van der Waals surface area (Å²) in [6.45, 7) is 11.3. The Bertz CT molecular complexity index is 600. The van der Waals surface area contributed by atoms with E-state index in [1.54, 1.807) is 19.8 Å². The van der Waals surface area contributed by atoms with Crippen LogP contribution in [0.15, 0.2) is 18.2 Å². The molecule has 1 saturated carbocycles. The van der Waals surface area contributed by atoms with Gasteiger partial charge in [0.1, 0.15) is 0 Å². The van der Waals surface area contributed by atoms with E-state index in [0.29, 0.717) is 17.9 Å². The smallest absolute Gasteiger partial charge is 0.169 e. The summed E-state index contributed by atoms with van der Waals surface area (Å²) in [4.78, 5) is 2.71. The predicted molar refractivity (Wildman–Crippen MR) is 142 cm³/mol. The lowest BCUT2D eigenvalue weighted by molar-refractivity contribution is -0.121. The number of methoxy groups -OCH3 is 2. The molecule has 2 rings (SSSR count). The van der Waals surface area contributed by atoms with E-state index in [1.807, 2.05) is 0 Å². The fourth-order valence-corrected chi connectivity index (χ4v) is 5.62. The molecule has 1 aromatic carbocycles. The summed E-state index contributed by atoms with van der Waals surface area (Å²) in [6, 6.07) is 7.58. The third-order valence-electron chi connectivity index (χ3n) is 7.64. The molecule has 1 aliphatic rings. The van der Waals surface area contributed by atoms with Gasteiger partial charge >= 0.3 is 0 Å². The molecule has 0 bridgehead atoms. The van der Waals surface area contributed by atoms with E-state index in [9.17, 15) is 0 Å². The molecule has 0 unspecified atom stereocenters. The maximum absolute atomic E-state index is 5.67. The van der Waals surface area contributed by atoms with Gasteiger partial charge in [-0.15, -0.1) is 0 Å². The van der Waals surface area contributed by atoms with Gasteiger partial charge < -0.3 is 9.47 Å². The van der Waals surface area contributed by atoms with Gasteiger partial charge in [0.15, 0.2) is 6.29 Å². The van der Waals surface area contributed by atoms with Gasteiger partial charge in [-0.1, -0.05) is 104 Å². The lowest BCUT2D eigenvalue weighted by Crippen LogP contribution is -2.43. The van der Waals surface area contributed by atoms with Gasteiger partial charge in [0.05, 0.1) is 0 Å². The van der Waals surface area contributed by atoms with Crippen LogP contribution >= 0.6 is 0 Å². The maximum Gasteiger partial charge on any atom is 0.169 e. The molecule has 0 spiro atoms. The highest BCUT2D eigenvalue weighted by molar-refractivity contribution is 5.39. The first-order valence-electron chi connectivity index (χ1n) is 13.9. The zero-order valence-electron chi connectivity index (χ0n) is 22.7. The zero-order valence-corrected chi connectivity index (χ0v) is 22.7. The van der Waals surface area contributed by atoms with E-state index in [0.717, 1.165) is 19.5 Å². The van der Waals surface area contributed by atoms with E-state index < -0.39 is 0 Å². The summed E-state index contributed by atoms with van der Waals surface area (Å²) >= 11 is 0. The second-order valence-electron chi connectivity index (χ2n) is 10.8. The minimum Gasteiger partial charge on any atom is -0.355 e. The van der Waals surface area contributed by atoms with Crippen LogP contribution in [0.4, 0.5) is 0 Å². The molecule has 0 saturated heterocycles. The van der Waals surface area contributed by atoms with Crippen LogP contribution in [0.25, 0.3) is 0 Å². The highest BCUT2D eigenvalue weighted by Gasteiger charge is 2.23. The molecule has 0 amide bonds. The van der Waals surface area contributed by atoms with Crippen molar-refractivity contribution in [3.8, 4) is 0 Å². The third-order valence-corrected chi connectivity index (χ3v) is 7.64. The molecule has 0 aromatic heterocycles. The fraction of sp³-hybridized carbons (Fsp3) is 0.800. The molecular weight excluding hydrogens is 406 g/mol. The standard InChI is InChI=1S/C30H53NO2/c1-24(2)27-19-16-20-28(25(3)4)29(27)21-22-31(23-30(32-5)33-6)26-17-14-12-10-8-7-9-11-13-15-18-26/h16,19-20,24-26,30H,7-15,17-18,21-23H2,1-6H3. The van der Waals surface area contributed by atoms with Crippen molar-refractivity contribution in [3.05, 3.63) is 34.9 Å². The summed E-state index contributed by atoms with van der Waals surface area (Å²) in [5, 5.41) is 0. The molecule has 3 heteroatoms. The molecule has 1 aliphatic carbocycles. The van der Waals surface area contributed by atoms with Gasteiger partial charge in [-0.3, -0.25) is 4.90 Å². The maximum atomic E-state index is 5.67. The van der Waals surface area contributed by atoms with Crippen LogP contribution in [0.5, 0.6) is 0 Å². The van der Waals surface area contributed by atoms with Crippen LogP contribution in [0, 0.1) is 0 Å². The second kappa shape index (κ2) is 15.9. The van der Waals surface area contributed by atoms with Gasteiger partial charge in [-0.05, 0) is 47.8 Å². The molecule has 0 aliphatic heterocycles. The van der Waals surface area contributed by atoms with Crippen molar-refractivity contribution in [2.24, 2.45) is 0 Å². The molecule has 0 heterocycles. The fourth-order valence-electron chi connectivity index (χ4n) is 5.62. The van der Waals surface area contributed by atoms with Crippen molar-refractivity contribution in [1.82, 2.24) is 4.90 Å². The van der Waals surface area contributed by atoms with Gasteiger partial charge in [0.25, 0.3) is 0 Å². The van der Waals surface area contributed by atoms with E-state index in [4.69, 9.17) is 9.47 Å². The molecule has 0 radical (unpaired) electrons. The van der Waals surface area contributed by atoms with Crippen molar-refractivity contribution in [2.75, 3.05) is 27.3 Å². The summed E-state index contributed by atoms with van der Waals surface area (Å²) < 4.78 is 11.3. The molecule has 0 N–H and O–H groups in total. The molecule has 33 heavy (non-hydrogen) atoms. The molecular formula is C30H53NO2. The molecule has 190 valence electrons. The van der Waals surface area contributed by atoms with Crippen molar-refractivity contribution in [3.63, 3.8) is 0 Å². The first-order chi connectivity index (χ1) is 16.0. The van der Waals surface area contributed by atoms with Crippen LogP contribution in [-0.2, 0) is 15.9 Å². The Morgan fingerprint density at radius 1 is 0.758 bits per heavy atom. The Morgan fingerprint density at radius 2 is 1.21 bits per heavy atom. The lowest BCUT2D eigenvalue weighted by atomic mass is 9.87. The van der Waals surface area contributed by atoms with Crippen molar-refractivity contribution < 1.29 is 9.47 Å². The Morgan fingerprint density at radius 3 is 1.64 bits per heavy atom. The SMILES string of the molecule is COC(CN(CCc1c(C(C)C)cccc1C(C)C)C1CCCCCCCCCCC1)OC. The van der Waals surface area contributed by atoms with Gasteiger partial charge in [-0.25, -0.2) is 0 Å². The van der Waals surface area contributed by atoms with Crippen molar-refractivity contribution in [1.29, 1.82) is 0 Å². The van der Waals surface area contributed by atoms with Crippen LogP contribution < -0.4 is 0 Å². The molecule has 0 atom stereocenters. The van der Waals surface area contributed by atoms with Gasteiger partial charge in [0, 0.05) is 33.4 Å². The molecule has 1 fully saturated rings. The Kier molecular flexibility index (Phi) is 13.7. The van der Waals surface area contributed by atoms with Crippen molar-refractivity contribution >= 4 is 0 Å². The van der Waals surface area contributed by atoms with Gasteiger partial charge in [0.2, 0.25) is 0 Å². The topological polar surface area (TPSA) is 21.7 Å². The quantitative estimate of drug-likeness (QED) is 0.330. The van der Waals surface area contributed by atoms with Crippen LogP contribution in [0.2, 0.25) is 0 Å². The molecule has 1 aromatic rings. The number of ether oxygens (including phenoxy) is 2. The first-order valence-corrected chi connectivity index (χ1v) is 13.9. The normalized spacial score (nSPS) is 17.6. The number of hydrogen-bond donors (Lipinski definition) is 0. The average Bonchev–Trinajstić information content (AvgIpc) is 2.79. The number of hydrogen-bond acceptors (Lipinski definition) is 3. The summed E-state index contributed by atoms with van der Waals surface area (Å²) in [5.74, 6) is 1.11. The highest BCUT2D eigenvalue weighted by atomic mass is 16.7. The Labute approximate surface area is 205 Å². The Hall–Kier alpha value is -0.900. The average molecular weight is 460 g/mol. The lowest BCUT2D eigenvalue weighted by Gasteiger charge is -2.35. The minimum absolute atomic E-state index is 0.156. The minimum atomic E-state index is -0.156. The van der Waals surface area contributed by atoms with Crippen molar-refractivity contribution in [2.45, 2.75) is 129 Å². The second-order valence-corrected chi connectivity index (χ2v) is 10.8. The van der Waals surface area contributed by atoms with E-state index in [1.165, 1.54) is 81.8 Å². The van der Waals surface area contributed by atoms with Crippen LogP contribution in [-0.4, -0.2) is 44.5 Å². The summed E-state index contributed by atoms with van der Waals surface area (Å²) in [7, 11) is 3.55. The number of nitrogens with zero attached hydrogens (tertiary/aromatic N) is 1. The summed E-state index contributed by atoms with van der Waals surface area (Å²) in [6.07, 6.45) is 16.1. The highest BCUT2D eigenvalue weighted by Crippen LogP contribution is 2.29. The first kappa shape index (κ1) is 28.3. The Balaban J connectivity index is 2.22. The largest absolute Gasteiger partial charge is 0.355 e. The number of rotatable bonds is 10. The van der Waals surface area contributed by atoms with E-state index >= 15 is 0 Å². The number of benzene rings is 1. The van der Waals surface area contributed by atoms with E-state index in [-0.39, 0.29) is 6.29 Å².